The Morgan fingerprint density at radius 2 is 2.25 bits per heavy atom. The van der Waals surface area contributed by atoms with E-state index >= 15 is 0 Å². The van der Waals surface area contributed by atoms with Crippen LogP contribution in [0.4, 0.5) is 0 Å². The van der Waals surface area contributed by atoms with Gasteiger partial charge in [0.25, 0.3) is 0 Å². The van der Waals surface area contributed by atoms with Gasteiger partial charge in [0.15, 0.2) is 0 Å². The molecular weight excluding hydrogens is 259 g/mol. The minimum absolute atomic E-state index is 0.223. The standard InChI is InChI=1S/C4H5Br2ClO/c5-4(6)1-3(8)2-7/h1,3,8H,2H2. The summed E-state index contributed by atoms with van der Waals surface area (Å²) in [7, 11) is 0. The molecule has 48 valence electrons. The zero-order valence-electron chi connectivity index (χ0n) is 3.94. The Morgan fingerprint density at radius 3 is 2.38 bits per heavy atom. The van der Waals surface area contributed by atoms with Crippen molar-refractivity contribution in [2.24, 2.45) is 0 Å². The molecule has 1 nitrogen and oxygen atoms in total. The van der Waals surface area contributed by atoms with E-state index in [1.807, 2.05) is 0 Å². The summed E-state index contributed by atoms with van der Waals surface area (Å²) in [6.07, 6.45) is 0.998. The monoisotopic (exact) mass is 262 g/mol. The average Bonchev–Trinajstić information content (AvgIpc) is 1.65. The number of hydrogen-bond acceptors (Lipinski definition) is 1. The van der Waals surface area contributed by atoms with Crippen LogP contribution in [0.5, 0.6) is 0 Å². The van der Waals surface area contributed by atoms with Crippen LogP contribution in [-0.4, -0.2) is 17.1 Å². The molecule has 0 aliphatic rings. The second kappa shape index (κ2) is 4.79. The number of hydrogen-bond donors (Lipinski definition) is 1. The first kappa shape index (κ1) is 8.95. The Morgan fingerprint density at radius 1 is 1.75 bits per heavy atom. The van der Waals surface area contributed by atoms with Crippen molar-refractivity contribution in [1.82, 2.24) is 0 Å². The molecule has 0 heterocycles. The van der Waals surface area contributed by atoms with E-state index < -0.39 is 6.10 Å². The van der Waals surface area contributed by atoms with Crippen LogP contribution in [0.25, 0.3) is 0 Å². The quantitative estimate of drug-likeness (QED) is 0.758. The summed E-state index contributed by atoms with van der Waals surface area (Å²) >= 11 is 11.4. The topological polar surface area (TPSA) is 20.2 Å². The van der Waals surface area contributed by atoms with Gasteiger partial charge in [-0.2, -0.15) is 0 Å². The summed E-state index contributed by atoms with van der Waals surface area (Å²) in [5, 5.41) is 8.76. The maximum Gasteiger partial charge on any atom is 0.0875 e. The molecule has 0 radical (unpaired) electrons. The van der Waals surface area contributed by atoms with Gasteiger partial charge in [-0.15, -0.1) is 11.6 Å². The lowest BCUT2D eigenvalue weighted by atomic mass is 10.4. The molecule has 0 aromatic rings. The van der Waals surface area contributed by atoms with Gasteiger partial charge in [0.2, 0.25) is 0 Å². The molecule has 4 heteroatoms. The second-order valence-corrected chi connectivity index (χ2v) is 4.26. The molecule has 1 atom stereocenters. The van der Waals surface area contributed by atoms with E-state index in [0.29, 0.717) is 0 Å². The van der Waals surface area contributed by atoms with Gasteiger partial charge >= 0.3 is 0 Å². The van der Waals surface area contributed by atoms with E-state index in [-0.39, 0.29) is 5.88 Å². The highest BCUT2D eigenvalue weighted by atomic mass is 79.9. The summed E-state index contributed by atoms with van der Waals surface area (Å²) in [4.78, 5) is 0. The molecule has 0 fully saturated rings. The van der Waals surface area contributed by atoms with Gasteiger partial charge in [0.1, 0.15) is 0 Å². The summed E-state index contributed by atoms with van der Waals surface area (Å²) in [6.45, 7) is 0. The van der Waals surface area contributed by atoms with Crippen molar-refractivity contribution in [1.29, 1.82) is 0 Å². The van der Waals surface area contributed by atoms with Crippen molar-refractivity contribution in [3.63, 3.8) is 0 Å². The Balaban J connectivity index is 3.51. The fraction of sp³-hybridized carbons (Fsp3) is 0.500. The predicted molar refractivity (Wildman–Crippen MR) is 42.7 cm³/mol. The maximum atomic E-state index is 8.76. The van der Waals surface area contributed by atoms with E-state index in [0.717, 1.165) is 3.39 Å². The minimum atomic E-state index is -0.564. The van der Waals surface area contributed by atoms with E-state index in [9.17, 15) is 0 Å². The van der Waals surface area contributed by atoms with Crippen LogP contribution in [0.1, 0.15) is 0 Å². The van der Waals surface area contributed by atoms with Gasteiger partial charge in [0, 0.05) is 0 Å². The second-order valence-electron chi connectivity index (χ2n) is 1.18. The highest BCUT2D eigenvalue weighted by Gasteiger charge is 1.95. The fourth-order valence-corrected chi connectivity index (χ4v) is 0.889. The number of aliphatic hydroxyl groups excluding tert-OH is 1. The van der Waals surface area contributed by atoms with Gasteiger partial charge in [-0.25, -0.2) is 0 Å². The number of alkyl halides is 1. The summed E-state index contributed by atoms with van der Waals surface area (Å²) in [5.74, 6) is 0.223. The third-order valence-electron chi connectivity index (χ3n) is 0.476. The van der Waals surface area contributed by atoms with Crippen molar-refractivity contribution >= 4 is 43.5 Å². The molecule has 8 heavy (non-hydrogen) atoms. The number of aliphatic hydroxyl groups is 1. The molecule has 0 saturated heterocycles. The average molecular weight is 264 g/mol. The Labute approximate surface area is 70.0 Å². The Hall–Kier alpha value is 0.950. The lowest BCUT2D eigenvalue weighted by molar-refractivity contribution is 0.247. The lowest BCUT2D eigenvalue weighted by Crippen LogP contribution is -2.02. The molecule has 1 unspecified atom stereocenters. The van der Waals surface area contributed by atoms with Gasteiger partial charge in [-0.3, -0.25) is 0 Å². The fourth-order valence-electron chi connectivity index (χ4n) is 0.190. The highest BCUT2D eigenvalue weighted by Crippen LogP contribution is 2.13. The highest BCUT2D eigenvalue weighted by molar-refractivity contribution is 9.28. The van der Waals surface area contributed by atoms with Crippen molar-refractivity contribution < 1.29 is 5.11 Å². The summed E-state index contributed by atoms with van der Waals surface area (Å²) in [5.41, 5.74) is 0. The molecule has 0 aromatic carbocycles. The van der Waals surface area contributed by atoms with Crippen LogP contribution in [-0.2, 0) is 0 Å². The van der Waals surface area contributed by atoms with Crippen molar-refractivity contribution in [3.05, 3.63) is 9.47 Å². The smallest absolute Gasteiger partial charge is 0.0875 e. The van der Waals surface area contributed by atoms with Gasteiger partial charge in [0.05, 0.1) is 15.4 Å². The van der Waals surface area contributed by atoms with E-state index in [1.54, 1.807) is 6.08 Å². The van der Waals surface area contributed by atoms with Gasteiger partial charge in [-0.05, 0) is 37.9 Å². The van der Waals surface area contributed by atoms with Crippen LogP contribution in [0.3, 0.4) is 0 Å². The molecule has 0 aliphatic heterocycles. The molecule has 0 aromatic heterocycles. The van der Waals surface area contributed by atoms with E-state index in [1.165, 1.54) is 0 Å². The van der Waals surface area contributed by atoms with Gasteiger partial charge in [-0.1, -0.05) is 0 Å². The van der Waals surface area contributed by atoms with Crippen molar-refractivity contribution in [2.45, 2.75) is 6.10 Å². The molecular formula is C4H5Br2ClO. The number of halogens is 3. The predicted octanol–water partition coefficient (Wildman–Crippen LogP) is 2.22. The third kappa shape index (κ3) is 5.09. The molecule has 0 aliphatic carbocycles. The van der Waals surface area contributed by atoms with Crippen LogP contribution < -0.4 is 0 Å². The zero-order chi connectivity index (χ0) is 6.57. The van der Waals surface area contributed by atoms with Crippen LogP contribution in [0.15, 0.2) is 9.47 Å². The van der Waals surface area contributed by atoms with E-state index in [4.69, 9.17) is 16.7 Å². The first-order valence-electron chi connectivity index (χ1n) is 1.93. The number of rotatable bonds is 2. The van der Waals surface area contributed by atoms with Crippen LogP contribution >= 0.6 is 43.5 Å². The zero-order valence-corrected chi connectivity index (χ0v) is 7.87. The third-order valence-corrected chi connectivity index (χ3v) is 1.32. The Kier molecular flexibility index (Phi) is 5.36. The lowest BCUT2D eigenvalue weighted by Gasteiger charge is -1.95. The first-order valence-corrected chi connectivity index (χ1v) is 4.05. The molecule has 0 saturated carbocycles. The van der Waals surface area contributed by atoms with Gasteiger partial charge < -0.3 is 5.11 Å². The summed E-state index contributed by atoms with van der Waals surface area (Å²) < 4.78 is 0.721. The minimum Gasteiger partial charge on any atom is -0.388 e. The molecule has 0 rings (SSSR count). The van der Waals surface area contributed by atoms with Crippen molar-refractivity contribution in [3.8, 4) is 0 Å². The molecule has 0 amide bonds. The first-order chi connectivity index (χ1) is 3.66. The SMILES string of the molecule is OC(C=C(Br)Br)CCl. The summed E-state index contributed by atoms with van der Waals surface area (Å²) in [6, 6.07) is 0. The van der Waals surface area contributed by atoms with Crippen molar-refractivity contribution in [2.75, 3.05) is 5.88 Å². The van der Waals surface area contributed by atoms with Crippen LogP contribution in [0.2, 0.25) is 0 Å². The maximum absolute atomic E-state index is 8.76. The Bertz CT molecular complexity index is 90.0. The normalized spacial score (nSPS) is 13.0. The molecule has 1 N–H and O–H groups in total. The molecule has 0 bridgehead atoms. The van der Waals surface area contributed by atoms with E-state index in [2.05, 4.69) is 31.9 Å². The van der Waals surface area contributed by atoms with Crippen LogP contribution in [0, 0.1) is 0 Å². The largest absolute Gasteiger partial charge is 0.388 e. The molecule has 0 spiro atoms.